The molecule has 24 nitrogen and oxygen atoms in total. The molecule has 12 aromatic rings. The van der Waals surface area contributed by atoms with Crippen LogP contribution in [0.1, 0.15) is 59.5 Å². The van der Waals surface area contributed by atoms with Crippen molar-refractivity contribution in [2.24, 2.45) is 0 Å². The molecule has 3 aliphatic rings. The van der Waals surface area contributed by atoms with E-state index in [2.05, 4.69) is 106 Å². The van der Waals surface area contributed by atoms with Crippen LogP contribution in [0.5, 0.6) is 17.6 Å². The van der Waals surface area contributed by atoms with Gasteiger partial charge in [-0.3, -0.25) is 4.79 Å². The number of aliphatic hydroxyl groups excluding tert-OH is 1. The van der Waals surface area contributed by atoms with E-state index in [1.807, 2.05) is 54.6 Å². The van der Waals surface area contributed by atoms with Crippen LogP contribution in [0.25, 0.3) is 66.5 Å². The number of ether oxygens (including phenoxy) is 6. The molecule has 2 atom stereocenters. The van der Waals surface area contributed by atoms with E-state index >= 15 is 13.2 Å². The number of hydrogen-bond acceptors (Lipinski definition) is 24. The fourth-order valence-electron chi connectivity index (χ4n) is 12.0. The van der Waals surface area contributed by atoms with Crippen molar-refractivity contribution in [1.29, 1.82) is 0 Å². The Morgan fingerprint density at radius 2 is 0.902 bits per heavy atom. The number of anilines is 3. The third-order valence-electron chi connectivity index (χ3n) is 18.0. The molecule has 2 unspecified atom stereocenters. The second-order valence-electron chi connectivity index (χ2n) is 25.9. The lowest BCUT2D eigenvalue weighted by molar-refractivity contribution is 0.103. The number of terminal acetylenes is 2. The van der Waals surface area contributed by atoms with E-state index in [0.29, 0.717) is 95.3 Å². The van der Waals surface area contributed by atoms with E-state index < -0.39 is 43.0 Å². The van der Waals surface area contributed by atoms with E-state index in [-0.39, 0.29) is 92.1 Å². The molecule has 9 heterocycles. The van der Waals surface area contributed by atoms with Gasteiger partial charge in [0.15, 0.2) is 5.60 Å². The summed E-state index contributed by atoms with van der Waals surface area (Å²) in [5, 5.41) is 47.7. The second-order valence-corrected chi connectivity index (χ2v) is 32.0. The lowest BCUT2D eigenvalue weighted by Gasteiger charge is -2.29. The Hall–Kier alpha value is -11.2. The van der Waals surface area contributed by atoms with E-state index in [4.69, 9.17) is 76.1 Å². The number of carbonyl (C=O) groups is 1. The minimum atomic E-state index is -2.08. The third-order valence-corrected chi connectivity index (χ3v) is 19.8. The molecule has 0 radical (unpaired) electrons. The van der Waals surface area contributed by atoms with E-state index in [0.717, 1.165) is 68.5 Å². The summed E-state index contributed by atoms with van der Waals surface area (Å²) in [6.07, 6.45) is 13.8. The maximum atomic E-state index is 15.3. The molecule has 0 spiro atoms. The standard InChI is InChI=1S/C26H21ClFN5O3.C24H21ClFN5O3.C24H19ClFN5O3.C5H10Si.2CH4/c1-3-26(34,23-6-7-24(35-2)32-31-23)19-13-18(21(28)14-20(19)27)25-17-5-4-16(12-22(17)29-15-30-25)33-8-10-36-11-9-33;2*1-33-22-5-4-20(29-30-22)24(32)16-11-17(19(26)12-18(16)25)23-15-3-2-14(10-21(15)27-13-28-23)31-6-8-34-9-7-31;1-5-6(2,3)4;;/h1,4-7,12-15,34H,8-11H2,2H3;2-5,10-13,24,32H,6-9H2,1H3;2-5,10-13H,6-9H2,1H3;1H,2-4H3;2*1H4. The predicted molar refractivity (Wildman–Crippen MR) is 430 cm³/mol. The Balaban J connectivity index is 0.000000170. The van der Waals surface area contributed by atoms with E-state index in [1.54, 1.807) is 12.1 Å². The average molecular weight is 1600 g/mol. The SMILES string of the molecule is C.C.C#CC(O)(c1ccc(OC)nn1)c1cc(-c2ncnc3cc(N4CCOCC4)ccc23)c(F)cc1Cl.C#C[Si](C)(C)C.COc1ccc(C(=O)c2cc(-c3ncnc4cc(N5CCOCC5)ccc34)c(F)cc2Cl)nn1.COc1ccc(C(O)c2cc(-c3ncnc4cc(N5CCOCC5)ccc34)c(F)cc2Cl)nn1. The number of aliphatic hydroxyl groups is 2. The van der Waals surface area contributed by atoms with Gasteiger partial charge in [0.1, 0.15) is 62.0 Å². The summed E-state index contributed by atoms with van der Waals surface area (Å²) < 4.78 is 76.7. The smallest absolute Gasteiger partial charge is 0.233 e. The molecular weight excluding hydrogens is 1520 g/mol. The van der Waals surface area contributed by atoms with Crippen molar-refractivity contribution in [1.82, 2.24) is 60.5 Å². The highest BCUT2D eigenvalue weighted by Gasteiger charge is 2.36. The van der Waals surface area contributed by atoms with E-state index in [9.17, 15) is 15.0 Å². The van der Waals surface area contributed by atoms with Crippen LogP contribution >= 0.6 is 34.8 Å². The third kappa shape index (κ3) is 18.9. The molecule has 6 aromatic heterocycles. The van der Waals surface area contributed by atoms with Gasteiger partial charge in [-0.25, -0.2) is 43.1 Å². The van der Waals surface area contributed by atoms with E-state index in [1.165, 1.54) is 88.8 Å². The molecule has 2 N–H and O–H groups in total. The maximum Gasteiger partial charge on any atom is 0.233 e. The molecule has 0 aliphatic carbocycles. The fourth-order valence-corrected chi connectivity index (χ4v) is 12.8. The molecule has 0 amide bonds. The Kier molecular flexibility index (Phi) is 27.7. The van der Waals surface area contributed by atoms with Gasteiger partial charge in [-0.2, -0.15) is 0 Å². The number of carbonyl (C=O) groups excluding carboxylic acids is 1. The lowest BCUT2D eigenvalue weighted by Crippen LogP contribution is -2.36. The van der Waals surface area contributed by atoms with Crippen molar-refractivity contribution in [3.05, 3.63) is 213 Å². The Labute approximate surface area is 661 Å². The number of hydrogen-bond donors (Lipinski definition) is 2. The van der Waals surface area contributed by atoms with Gasteiger partial charge in [0.2, 0.25) is 23.4 Å². The predicted octanol–water partition coefficient (Wildman–Crippen LogP) is 14.1. The van der Waals surface area contributed by atoms with Crippen LogP contribution in [-0.2, 0) is 19.8 Å². The lowest BCUT2D eigenvalue weighted by atomic mass is 9.88. The first-order valence-electron chi connectivity index (χ1n) is 34.4. The highest BCUT2D eigenvalue weighted by atomic mass is 35.5. The summed E-state index contributed by atoms with van der Waals surface area (Å²) >= 11 is 18.9. The fraction of sp³-hybridized carbons (Fsp3) is 0.272. The number of fused-ring (bicyclic) bond motifs is 3. The topological polar surface area (TPSA) is 277 Å². The van der Waals surface area contributed by atoms with Crippen molar-refractivity contribution in [2.45, 2.75) is 46.2 Å². The molecule has 3 fully saturated rings. The average Bonchev–Trinajstić information content (AvgIpc) is 0.761. The van der Waals surface area contributed by atoms with Crippen LogP contribution < -0.4 is 28.9 Å². The normalized spacial score (nSPS) is 14.2. The number of morpholine rings is 3. The van der Waals surface area contributed by atoms with Gasteiger partial charge in [-0.1, -0.05) is 75.2 Å². The van der Waals surface area contributed by atoms with Crippen LogP contribution in [-0.4, -0.2) is 185 Å². The Bertz CT molecular complexity index is 5430. The number of nitrogens with zero attached hydrogens (tertiary/aromatic N) is 15. The van der Waals surface area contributed by atoms with Gasteiger partial charge in [0, 0.05) is 129 Å². The van der Waals surface area contributed by atoms with Gasteiger partial charge in [0.25, 0.3) is 0 Å². The van der Waals surface area contributed by atoms with Gasteiger partial charge < -0.3 is 53.3 Å². The molecule has 0 saturated carbocycles. The number of ketones is 1. The second kappa shape index (κ2) is 37.2. The number of rotatable bonds is 15. The van der Waals surface area contributed by atoms with Gasteiger partial charge in [-0.05, 0) is 109 Å². The minimum absolute atomic E-state index is 0. The summed E-state index contributed by atoms with van der Waals surface area (Å²) in [6.45, 7) is 15.1. The van der Waals surface area contributed by atoms with Crippen LogP contribution in [0, 0.1) is 41.8 Å². The van der Waals surface area contributed by atoms with Crippen LogP contribution in [0.2, 0.25) is 34.7 Å². The summed E-state index contributed by atoms with van der Waals surface area (Å²) in [5.74, 6) is 0.880. The van der Waals surface area contributed by atoms with Crippen LogP contribution in [0.4, 0.5) is 30.2 Å². The molecule has 15 rings (SSSR count). The summed E-state index contributed by atoms with van der Waals surface area (Å²) in [7, 11) is 3.26. The molecule has 31 heteroatoms. The monoisotopic (exact) mass is 1600 g/mol. The first-order valence-corrected chi connectivity index (χ1v) is 39.0. The molecule has 6 aromatic carbocycles. The van der Waals surface area contributed by atoms with Crippen molar-refractivity contribution in [2.75, 3.05) is 115 Å². The number of aromatic nitrogens is 12. The highest BCUT2D eigenvalue weighted by Crippen LogP contribution is 2.41. The quantitative estimate of drug-likeness (QED) is 0.0548. The molecule has 3 saturated heterocycles. The van der Waals surface area contributed by atoms with Gasteiger partial charge in [0.05, 0.1) is 110 Å². The first-order chi connectivity index (χ1) is 53.1. The first kappa shape index (κ1) is 83.3. The van der Waals surface area contributed by atoms with Crippen LogP contribution in [0.3, 0.4) is 0 Å². The minimum Gasteiger partial charge on any atom is -0.480 e. The molecule has 578 valence electrons. The molecular formula is C81H79Cl3F3N15O9Si. The molecule has 112 heavy (non-hydrogen) atoms. The zero-order chi connectivity index (χ0) is 77.8. The Morgan fingerprint density at radius 1 is 0.509 bits per heavy atom. The Morgan fingerprint density at radius 3 is 1.29 bits per heavy atom. The number of methoxy groups -OCH3 is 3. The number of halogens is 6. The summed E-state index contributed by atoms with van der Waals surface area (Å²) in [4.78, 5) is 45.9. The van der Waals surface area contributed by atoms with Crippen molar-refractivity contribution in [3.63, 3.8) is 0 Å². The number of benzene rings is 6. The zero-order valence-electron chi connectivity index (χ0n) is 60.3. The summed E-state index contributed by atoms with van der Waals surface area (Å²) in [5.41, 5.74) is 8.03. The van der Waals surface area contributed by atoms with Gasteiger partial charge in [-0.15, -0.1) is 49.0 Å². The maximum absolute atomic E-state index is 15.3. The van der Waals surface area contributed by atoms with Crippen molar-refractivity contribution < 1.29 is 56.6 Å². The largest absolute Gasteiger partial charge is 0.480 e. The molecule has 3 aliphatic heterocycles. The highest BCUT2D eigenvalue weighted by molar-refractivity contribution is 6.83. The van der Waals surface area contributed by atoms with Crippen molar-refractivity contribution in [3.8, 4) is 75.7 Å². The van der Waals surface area contributed by atoms with Gasteiger partial charge >= 0.3 is 0 Å². The summed E-state index contributed by atoms with van der Waals surface area (Å²) in [6, 6.07) is 34.1. The molecule has 0 bridgehead atoms. The van der Waals surface area contributed by atoms with Crippen LogP contribution in [0.15, 0.2) is 146 Å². The zero-order valence-corrected chi connectivity index (χ0v) is 63.6. The van der Waals surface area contributed by atoms with Crippen molar-refractivity contribution >= 4 is 98.4 Å².